The number of imidazole rings is 1. The quantitative estimate of drug-likeness (QED) is 0.380. The highest BCUT2D eigenvalue weighted by atomic mass is 32.2. The van der Waals surface area contributed by atoms with Gasteiger partial charge in [-0.05, 0) is 42.8 Å². The van der Waals surface area contributed by atoms with E-state index in [2.05, 4.69) is 9.71 Å². The van der Waals surface area contributed by atoms with Crippen LogP contribution in [0, 0.1) is 6.92 Å². The van der Waals surface area contributed by atoms with Crippen LogP contribution in [-0.2, 0) is 16.2 Å². The fourth-order valence-electron chi connectivity index (χ4n) is 3.52. The van der Waals surface area contributed by atoms with Crippen molar-refractivity contribution in [3.63, 3.8) is 0 Å². The van der Waals surface area contributed by atoms with Crippen LogP contribution in [-0.4, -0.2) is 25.1 Å². The molecule has 0 saturated carbocycles. The van der Waals surface area contributed by atoms with Gasteiger partial charge in [-0.2, -0.15) is 13.2 Å². The largest absolute Gasteiger partial charge is 0.494 e. The van der Waals surface area contributed by atoms with Gasteiger partial charge in [-0.25, -0.2) is 13.4 Å². The number of sulfonamides is 1. The predicted molar refractivity (Wildman–Crippen MR) is 123 cm³/mol. The van der Waals surface area contributed by atoms with Gasteiger partial charge < -0.3 is 9.30 Å². The van der Waals surface area contributed by atoms with Gasteiger partial charge in [0.2, 0.25) is 0 Å². The standard InChI is InChI=1S/C24H20F3N3O3S/c1-16-14-30(15-28-16)21-11-10-19(13-22(21)33-2)29-34(31,32)23-9-4-3-8-20(23)17-6-5-7-18(12-17)24(25,26)27/h3-15,29H,1-2H3. The van der Waals surface area contributed by atoms with Crippen LogP contribution in [0.25, 0.3) is 16.8 Å². The van der Waals surface area contributed by atoms with E-state index in [0.717, 1.165) is 17.8 Å². The molecule has 1 heterocycles. The first kappa shape index (κ1) is 23.4. The highest BCUT2D eigenvalue weighted by molar-refractivity contribution is 7.92. The van der Waals surface area contributed by atoms with Crippen molar-refractivity contribution >= 4 is 15.7 Å². The molecule has 3 aromatic carbocycles. The number of methoxy groups -OCH3 is 1. The number of anilines is 1. The first-order chi connectivity index (χ1) is 16.1. The highest BCUT2D eigenvalue weighted by Gasteiger charge is 2.31. The van der Waals surface area contributed by atoms with Crippen molar-refractivity contribution in [3.8, 4) is 22.6 Å². The molecule has 176 valence electrons. The molecule has 4 rings (SSSR count). The molecular weight excluding hydrogens is 467 g/mol. The predicted octanol–water partition coefficient (Wildman–Crippen LogP) is 5.68. The summed E-state index contributed by atoms with van der Waals surface area (Å²) < 4.78 is 75.7. The molecule has 1 N–H and O–H groups in total. The van der Waals surface area contributed by atoms with Crippen molar-refractivity contribution in [2.24, 2.45) is 0 Å². The number of rotatable bonds is 6. The molecule has 0 spiro atoms. The van der Waals surface area contributed by atoms with Gasteiger partial charge in [0, 0.05) is 17.8 Å². The minimum absolute atomic E-state index is 0.138. The summed E-state index contributed by atoms with van der Waals surface area (Å²) in [5, 5.41) is 0. The molecule has 0 atom stereocenters. The van der Waals surface area contributed by atoms with E-state index >= 15 is 0 Å². The molecule has 0 aliphatic rings. The first-order valence-electron chi connectivity index (χ1n) is 10.1. The lowest BCUT2D eigenvalue weighted by molar-refractivity contribution is -0.137. The lowest BCUT2D eigenvalue weighted by Crippen LogP contribution is -2.14. The highest BCUT2D eigenvalue weighted by Crippen LogP contribution is 2.35. The first-order valence-corrected chi connectivity index (χ1v) is 11.6. The molecule has 0 saturated heterocycles. The third-order valence-corrected chi connectivity index (χ3v) is 6.54. The van der Waals surface area contributed by atoms with E-state index in [1.54, 1.807) is 35.3 Å². The Kier molecular flexibility index (Phi) is 6.09. The number of ether oxygens (including phenoxy) is 1. The monoisotopic (exact) mass is 487 g/mol. The lowest BCUT2D eigenvalue weighted by atomic mass is 10.0. The number of halogens is 3. The summed E-state index contributed by atoms with van der Waals surface area (Å²) in [5.74, 6) is 0.406. The van der Waals surface area contributed by atoms with E-state index < -0.39 is 21.8 Å². The number of hydrogen-bond acceptors (Lipinski definition) is 4. The van der Waals surface area contributed by atoms with Gasteiger partial charge in [0.05, 0.1) is 41.0 Å². The van der Waals surface area contributed by atoms with Crippen LogP contribution in [0.4, 0.5) is 18.9 Å². The van der Waals surface area contributed by atoms with Crippen LogP contribution in [0.3, 0.4) is 0 Å². The Morgan fingerprint density at radius 2 is 1.76 bits per heavy atom. The summed E-state index contributed by atoms with van der Waals surface area (Å²) in [6.07, 6.45) is -1.14. The second-order valence-corrected chi connectivity index (χ2v) is 9.14. The van der Waals surface area contributed by atoms with Gasteiger partial charge in [0.25, 0.3) is 10.0 Å². The Bertz CT molecular complexity index is 1450. The molecule has 0 bridgehead atoms. The Labute approximate surface area is 194 Å². The normalized spacial score (nSPS) is 11.9. The van der Waals surface area contributed by atoms with Crippen LogP contribution in [0.1, 0.15) is 11.3 Å². The second kappa shape index (κ2) is 8.86. The summed E-state index contributed by atoms with van der Waals surface area (Å²) in [6.45, 7) is 1.84. The van der Waals surface area contributed by atoms with Crippen LogP contribution in [0.15, 0.2) is 84.1 Å². The number of hydrogen-bond donors (Lipinski definition) is 1. The van der Waals surface area contributed by atoms with E-state index in [4.69, 9.17) is 4.74 Å². The van der Waals surface area contributed by atoms with Gasteiger partial charge in [-0.1, -0.05) is 30.3 Å². The van der Waals surface area contributed by atoms with Crippen LogP contribution >= 0.6 is 0 Å². The fraction of sp³-hybridized carbons (Fsp3) is 0.125. The number of benzene rings is 3. The van der Waals surface area contributed by atoms with E-state index in [1.807, 2.05) is 6.92 Å². The average molecular weight is 488 g/mol. The molecule has 0 radical (unpaired) electrons. The van der Waals surface area contributed by atoms with Crippen molar-refractivity contribution in [1.29, 1.82) is 0 Å². The zero-order valence-corrected chi connectivity index (χ0v) is 19.0. The molecule has 0 unspecified atom stereocenters. The molecule has 34 heavy (non-hydrogen) atoms. The van der Waals surface area contributed by atoms with Gasteiger partial charge >= 0.3 is 6.18 Å². The SMILES string of the molecule is COc1cc(NS(=O)(=O)c2ccccc2-c2cccc(C(F)(F)F)c2)ccc1-n1cnc(C)c1. The smallest absolute Gasteiger partial charge is 0.416 e. The van der Waals surface area contributed by atoms with Crippen molar-refractivity contribution in [2.45, 2.75) is 18.0 Å². The zero-order valence-electron chi connectivity index (χ0n) is 18.2. The number of alkyl halides is 3. The van der Waals surface area contributed by atoms with Crippen LogP contribution < -0.4 is 9.46 Å². The van der Waals surface area contributed by atoms with Crippen LogP contribution in [0.5, 0.6) is 5.75 Å². The minimum atomic E-state index is -4.55. The Morgan fingerprint density at radius 1 is 1.00 bits per heavy atom. The van der Waals surface area contributed by atoms with Gasteiger partial charge in [0.15, 0.2) is 0 Å². The van der Waals surface area contributed by atoms with E-state index in [0.29, 0.717) is 11.4 Å². The topological polar surface area (TPSA) is 73.2 Å². The summed E-state index contributed by atoms with van der Waals surface area (Å²) in [6, 6.07) is 15.2. The number of aryl methyl sites for hydroxylation is 1. The van der Waals surface area contributed by atoms with Crippen molar-refractivity contribution in [2.75, 3.05) is 11.8 Å². The third kappa shape index (κ3) is 4.76. The molecule has 0 amide bonds. The Morgan fingerprint density at radius 3 is 2.44 bits per heavy atom. The van der Waals surface area contributed by atoms with Crippen molar-refractivity contribution in [1.82, 2.24) is 9.55 Å². The summed E-state index contributed by atoms with van der Waals surface area (Å²) >= 11 is 0. The molecule has 1 aromatic heterocycles. The average Bonchev–Trinajstić information content (AvgIpc) is 3.24. The molecule has 4 aromatic rings. The summed E-state index contributed by atoms with van der Waals surface area (Å²) in [4.78, 5) is 4.02. The lowest BCUT2D eigenvalue weighted by Gasteiger charge is -2.15. The van der Waals surface area contributed by atoms with E-state index in [-0.39, 0.29) is 21.7 Å². The molecule has 6 nitrogen and oxygen atoms in total. The fourth-order valence-corrected chi connectivity index (χ4v) is 4.80. The third-order valence-electron chi connectivity index (χ3n) is 5.10. The van der Waals surface area contributed by atoms with Crippen molar-refractivity contribution in [3.05, 3.63) is 90.5 Å². The summed E-state index contributed by atoms with van der Waals surface area (Å²) in [7, 11) is -2.68. The molecular formula is C24H20F3N3O3S. The van der Waals surface area contributed by atoms with E-state index in [1.165, 1.54) is 43.5 Å². The van der Waals surface area contributed by atoms with Gasteiger partial charge in [-0.3, -0.25) is 4.72 Å². The van der Waals surface area contributed by atoms with Crippen LogP contribution in [0.2, 0.25) is 0 Å². The van der Waals surface area contributed by atoms with Gasteiger partial charge in [-0.15, -0.1) is 0 Å². The number of nitrogens with one attached hydrogen (secondary N) is 1. The summed E-state index contributed by atoms with van der Waals surface area (Å²) in [5.41, 5.74) is 1.13. The van der Waals surface area contributed by atoms with Crippen molar-refractivity contribution < 1.29 is 26.3 Å². The zero-order chi connectivity index (χ0) is 24.5. The van der Waals surface area contributed by atoms with E-state index in [9.17, 15) is 21.6 Å². The van der Waals surface area contributed by atoms with Gasteiger partial charge in [0.1, 0.15) is 5.75 Å². The molecule has 0 fully saturated rings. The molecule has 0 aliphatic carbocycles. The number of nitrogens with zero attached hydrogens (tertiary/aromatic N) is 2. The maximum absolute atomic E-state index is 13.2. The Balaban J connectivity index is 1.71. The maximum Gasteiger partial charge on any atom is 0.416 e. The number of aromatic nitrogens is 2. The Hall–Kier alpha value is -3.79. The molecule has 10 heteroatoms. The minimum Gasteiger partial charge on any atom is -0.494 e. The molecule has 0 aliphatic heterocycles. The maximum atomic E-state index is 13.2. The second-order valence-electron chi connectivity index (χ2n) is 7.49.